The summed E-state index contributed by atoms with van der Waals surface area (Å²) in [5.74, 6) is 0. The Labute approximate surface area is 471 Å². The summed E-state index contributed by atoms with van der Waals surface area (Å²) in [5.41, 5.74) is 26.6. The summed E-state index contributed by atoms with van der Waals surface area (Å²) in [6.45, 7) is 11.2. The number of fused-ring (bicyclic) bond motifs is 3. The summed E-state index contributed by atoms with van der Waals surface area (Å²) >= 11 is 0. The maximum atomic E-state index is 2.59. The number of aromatic nitrogens is 1. The predicted molar refractivity (Wildman–Crippen MR) is 342 cm³/mol. The van der Waals surface area contributed by atoms with Gasteiger partial charge in [-0.3, -0.25) is 0 Å². The van der Waals surface area contributed by atoms with Crippen molar-refractivity contribution in [2.75, 3.05) is 4.90 Å². The zero-order valence-electron chi connectivity index (χ0n) is 47.2. The van der Waals surface area contributed by atoms with Crippen molar-refractivity contribution in [2.24, 2.45) is 0 Å². The first kappa shape index (κ1) is 52.8. The van der Waals surface area contributed by atoms with E-state index in [-0.39, 0.29) is 0 Å². The Kier molecular flexibility index (Phi) is 16.5. The van der Waals surface area contributed by atoms with E-state index in [9.17, 15) is 0 Å². The Hall–Kier alpha value is -8.20. The van der Waals surface area contributed by atoms with Crippen LogP contribution >= 0.6 is 0 Å². The summed E-state index contributed by atoms with van der Waals surface area (Å²) < 4.78 is 2.48. The first-order chi connectivity index (χ1) is 38.8. The fraction of sp³-hybridized carbons (Fsp3) is 0.221. The summed E-state index contributed by atoms with van der Waals surface area (Å²) in [5, 5.41) is 2.57. The number of anilines is 3. The quantitative estimate of drug-likeness (QED) is 0.0651. The molecule has 11 rings (SSSR count). The second kappa shape index (κ2) is 24.6. The van der Waals surface area contributed by atoms with Crippen molar-refractivity contribution in [3.05, 3.63) is 252 Å². The van der Waals surface area contributed by atoms with Gasteiger partial charge in [-0.05, 0) is 179 Å². The highest BCUT2D eigenvalue weighted by Crippen LogP contribution is 2.42. The molecule has 10 aromatic carbocycles. The van der Waals surface area contributed by atoms with E-state index in [1.807, 2.05) is 0 Å². The average Bonchev–Trinajstić information content (AvgIpc) is 3.98. The first-order valence-electron chi connectivity index (χ1n) is 29.5. The minimum Gasteiger partial charge on any atom is -0.311 e. The van der Waals surface area contributed by atoms with Gasteiger partial charge in [-0.1, -0.05) is 241 Å². The number of nitrogens with zero attached hydrogens (tertiary/aromatic N) is 2. The van der Waals surface area contributed by atoms with Crippen LogP contribution in [-0.2, 0) is 19.3 Å². The smallest absolute Gasteiger partial charge is 0.0547 e. The maximum absolute atomic E-state index is 2.59. The van der Waals surface area contributed by atoms with Crippen LogP contribution in [0.4, 0.5) is 17.1 Å². The molecular formula is C77H76N2. The summed E-state index contributed by atoms with van der Waals surface area (Å²) in [6, 6.07) is 85.0. The molecule has 0 amide bonds. The standard InChI is InChI=1S/C77H76N2/c1-6-9-11-13-20-65-53-75(67-41-50-73-72-23-15-16-24-76(72)79(77(73)54-67)71-46-37-62(38-47-71)64-22-17-19-56(5)51-64)66(21-14-12-10-7-2)52-74(65)63-39-48-70(49-40-63)78(68-42-33-60(34-43-68)58-29-25-55(4)26-30-58)69-44-35-61(36-45-69)59-31-27-57(18-8-3)28-32-59/h15-17,19,22-54H,6-14,18,20-21H2,1-5H3. The molecule has 1 aromatic heterocycles. The highest BCUT2D eigenvalue weighted by molar-refractivity contribution is 6.10. The van der Waals surface area contributed by atoms with Gasteiger partial charge in [0.1, 0.15) is 0 Å². The number of aryl methyl sites for hydroxylation is 5. The molecule has 0 spiro atoms. The Morgan fingerprint density at radius 3 is 1.35 bits per heavy atom. The summed E-state index contributed by atoms with van der Waals surface area (Å²) in [6.07, 6.45) is 14.1. The van der Waals surface area contributed by atoms with Crippen molar-refractivity contribution < 1.29 is 0 Å². The number of hydrogen-bond donors (Lipinski definition) is 0. The van der Waals surface area contributed by atoms with E-state index in [2.05, 4.69) is 269 Å². The molecule has 2 nitrogen and oxygen atoms in total. The molecule has 394 valence electrons. The summed E-state index contributed by atoms with van der Waals surface area (Å²) in [4.78, 5) is 2.42. The molecule has 0 saturated heterocycles. The highest BCUT2D eigenvalue weighted by atomic mass is 15.1. The van der Waals surface area contributed by atoms with Gasteiger partial charge < -0.3 is 9.47 Å². The van der Waals surface area contributed by atoms with Crippen molar-refractivity contribution in [3.8, 4) is 61.3 Å². The second-order valence-electron chi connectivity index (χ2n) is 22.1. The Morgan fingerprint density at radius 1 is 0.316 bits per heavy atom. The van der Waals surface area contributed by atoms with Gasteiger partial charge >= 0.3 is 0 Å². The molecule has 0 radical (unpaired) electrons. The van der Waals surface area contributed by atoms with Crippen LogP contribution in [0.15, 0.2) is 224 Å². The van der Waals surface area contributed by atoms with Crippen LogP contribution in [0.25, 0.3) is 83.1 Å². The van der Waals surface area contributed by atoms with Gasteiger partial charge in [-0.2, -0.15) is 0 Å². The Morgan fingerprint density at radius 2 is 0.797 bits per heavy atom. The van der Waals surface area contributed by atoms with Crippen molar-refractivity contribution in [1.29, 1.82) is 0 Å². The van der Waals surface area contributed by atoms with E-state index < -0.39 is 0 Å². The van der Waals surface area contributed by atoms with Crippen molar-refractivity contribution in [3.63, 3.8) is 0 Å². The number of rotatable bonds is 21. The van der Waals surface area contributed by atoms with Gasteiger partial charge in [-0.15, -0.1) is 0 Å². The van der Waals surface area contributed by atoms with Crippen LogP contribution < -0.4 is 4.90 Å². The molecule has 0 aliphatic carbocycles. The van der Waals surface area contributed by atoms with Crippen molar-refractivity contribution >= 4 is 38.9 Å². The van der Waals surface area contributed by atoms with Gasteiger partial charge in [0.15, 0.2) is 0 Å². The van der Waals surface area contributed by atoms with Gasteiger partial charge in [0.05, 0.1) is 11.0 Å². The summed E-state index contributed by atoms with van der Waals surface area (Å²) in [7, 11) is 0. The third-order valence-corrected chi connectivity index (χ3v) is 16.3. The third kappa shape index (κ3) is 11.8. The van der Waals surface area contributed by atoms with E-state index >= 15 is 0 Å². The third-order valence-electron chi connectivity index (χ3n) is 16.3. The lowest BCUT2D eigenvalue weighted by atomic mass is 9.86. The Balaban J connectivity index is 0.991. The van der Waals surface area contributed by atoms with Gasteiger partial charge in [0.2, 0.25) is 0 Å². The molecule has 0 N–H and O–H groups in total. The molecule has 1 heterocycles. The Bertz CT molecular complexity index is 3780. The molecule has 0 aliphatic heterocycles. The van der Waals surface area contributed by atoms with E-state index in [1.54, 1.807) is 0 Å². The topological polar surface area (TPSA) is 8.17 Å². The highest BCUT2D eigenvalue weighted by Gasteiger charge is 2.20. The molecule has 0 aliphatic rings. The fourth-order valence-electron chi connectivity index (χ4n) is 11.9. The molecule has 79 heavy (non-hydrogen) atoms. The number of hydrogen-bond acceptors (Lipinski definition) is 1. The molecule has 0 bridgehead atoms. The van der Waals surface area contributed by atoms with Crippen molar-refractivity contribution in [2.45, 2.75) is 112 Å². The van der Waals surface area contributed by atoms with Crippen LogP contribution in [0.1, 0.15) is 106 Å². The molecular weight excluding hydrogens is 953 g/mol. The van der Waals surface area contributed by atoms with Gasteiger partial charge in [-0.25, -0.2) is 0 Å². The number of unbranched alkanes of at least 4 members (excludes halogenated alkanes) is 6. The van der Waals surface area contributed by atoms with Crippen LogP contribution in [0.5, 0.6) is 0 Å². The molecule has 0 atom stereocenters. The monoisotopic (exact) mass is 1030 g/mol. The zero-order chi connectivity index (χ0) is 54.1. The molecule has 0 fully saturated rings. The largest absolute Gasteiger partial charge is 0.311 e. The fourth-order valence-corrected chi connectivity index (χ4v) is 11.9. The molecule has 11 aromatic rings. The number of benzene rings is 10. The lowest BCUT2D eigenvalue weighted by molar-refractivity contribution is 0.664. The molecule has 2 heteroatoms. The SMILES string of the molecule is CCCCCCc1cc(-c2ccc3c4ccccc4n(-c4ccc(-c5cccc(C)c5)cc4)c3c2)c(CCCCCC)cc1-c1ccc(N(c2ccc(-c3ccc(C)cc3)cc2)c2ccc(-c3ccc(CCC)cc3)cc2)cc1. The normalized spacial score (nSPS) is 11.5. The van der Waals surface area contributed by atoms with Crippen LogP contribution in [0.2, 0.25) is 0 Å². The van der Waals surface area contributed by atoms with Crippen LogP contribution in [0.3, 0.4) is 0 Å². The minimum atomic E-state index is 1.04. The zero-order valence-corrected chi connectivity index (χ0v) is 47.2. The molecule has 0 unspecified atom stereocenters. The van der Waals surface area contributed by atoms with E-state index in [4.69, 9.17) is 0 Å². The van der Waals surface area contributed by atoms with Crippen molar-refractivity contribution in [1.82, 2.24) is 4.57 Å². The lowest BCUT2D eigenvalue weighted by Crippen LogP contribution is -2.10. The predicted octanol–water partition coefficient (Wildman–Crippen LogP) is 22.4. The first-order valence-corrected chi connectivity index (χ1v) is 29.5. The minimum absolute atomic E-state index is 1.04. The van der Waals surface area contributed by atoms with Gasteiger partial charge in [0.25, 0.3) is 0 Å². The van der Waals surface area contributed by atoms with Crippen LogP contribution in [-0.4, -0.2) is 4.57 Å². The lowest BCUT2D eigenvalue weighted by Gasteiger charge is -2.26. The second-order valence-corrected chi connectivity index (χ2v) is 22.1. The average molecular weight is 1030 g/mol. The van der Waals surface area contributed by atoms with E-state index in [1.165, 1.54) is 162 Å². The van der Waals surface area contributed by atoms with Crippen LogP contribution in [0, 0.1) is 13.8 Å². The van der Waals surface area contributed by atoms with E-state index in [0.29, 0.717) is 0 Å². The maximum Gasteiger partial charge on any atom is 0.0547 e. The van der Waals surface area contributed by atoms with E-state index in [0.717, 1.165) is 42.7 Å². The van der Waals surface area contributed by atoms with Gasteiger partial charge in [0, 0.05) is 33.5 Å². The molecule has 0 saturated carbocycles. The number of para-hydroxylation sites is 1.